The molecule has 5 heterocycles. The Bertz CT molecular complexity index is 1360. The molecule has 0 amide bonds. The summed E-state index contributed by atoms with van der Waals surface area (Å²) < 4.78 is 20.6. The molecule has 1 aliphatic heterocycles. The molecule has 10 heteroatoms. The van der Waals surface area contributed by atoms with Gasteiger partial charge >= 0.3 is 0 Å². The maximum Gasteiger partial charge on any atom is 0.213 e. The van der Waals surface area contributed by atoms with Gasteiger partial charge in [0.25, 0.3) is 0 Å². The zero-order chi connectivity index (χ0) is 25.1. The molecule has 0 bridgehead atoms. The Kier molecular flexibility index (Phi) is 6.62. The Balaban J connectivity index is 1.31. The highest BCUT2D eigenvalue weighted by atomic mass is 16.5. The van der Waals surface area contributed by atoms with E-state index in [-0.39, 0.29) is 6.10 Å². The number of methoxy groups -OCH3 is 1. The van der Waals surface area contributed by atoms with Crippen molar-refractivity contribution in [3.8, 4) is 29.1 Å². The van der Waals surface area contributed by atoms with Crippen molar-refractivity contribution < 1.29 is 14.2 Å². The van der Waals surface area contributed by atoms with Gasteiger partial charge < -0.3 is 19.1 Å². The number of nitrogens with zero attached hydrogens (tertiary/aromatic N) is 7. The summed E-state index contributed by atoms with van der Waals surface area (Å²) in [6.45, 7) is 6.44. The summed E-state index contributed by atoms with van der Waals surface area (Å²) in [5.41, 5.74) is 1.94. The van der Waals surface area contributed by atoms with E-state index in [2.05, 4.69) is 34.9 Å². The van der Waals surface area contributed by atoms with Crippen LogP contribution < -0.4 is 19.1 Å². The second-order valence-electron chi connectivity index (χ2n) is 9.19. The number of nitriles is 1. The van der Waals surface area contributed by atoms with Crippen LogP contribution in [0.3, 0.4) is 0 Å². The lowest BCUT2D eigenvalue weighted by Crippen LogP contribution is -2.38. The summed E-state index contributed by atoms with van der Waals surface area (Å²) >= 11 is 0. The molecule has 1 saturated heterocycles. The monoisotopic (exact) mass is 487 g/mol. The van der Waals surface area contributed by atoms with Crippen molar-refractivity contribution in [1.82, 2.24) is 24.4 Å². The van der Waals surface area contributed by atoms with Crippen molar-refractivity contribution in [2.24, 2.45) is 5.92 Å². The minimum absolute atomic E-state index is 0.123. The summed E-state index contributed by atoms with van der Waals surface area (Å²) in [5.74, 6) is 3.27. The second-order valence-corrected chi connectivity index (χ2v) is 9.19. The third-order valence-electron chi connectivity index (χ3n) is 6.08. The number of pyridine rings is 2. The summed E-state index contributed by atoms with van der Waals surface area (Å²) in [7, 11) is 1.60. The lowest BCUT2D eigenvalue weighted by molar-refractivity contribution is 0.170. The lowest BCUT2D eigenvalue weighted by atomic mass is 10.1. The molecule has 36 heavy (non-hydrogen) atoms. The van der Waals surface area contributed by atoms with Crippen LogP contribution in [0.1, 0.15) is 32.3 Å². The number of hydrogen-bond acceptors (Lipinski definition) is 8. The van der Waals surface area contributed by atoms with E-state index in [1.807, 2.05) is 24.4 Å². The van der Waals surface area contributed by atoms with Gasteiger partial charge in [0.15, 0.2) is 5.82 Å². The van der Waals surface area contributed by atoms with E-state index in [0.29, 0.717) is 35.2 Å². The van der Waals surface area contributed by atoms with E-state index in [4.69, 9.17) is 19.3 Å². The summed E-state index contributed by atoms with van der Waals surface area (Å²) in [6, 6.07) is 9.82. The molecule has 0 atom stereocenters. The lowest BCUT2D eigenvalue weighted by Gasteiger charge is -2.32. The van der Waals surface area contributed by atoms with Crippen molar-refractivity contribution in [3.05, 3.63) is 54.6 Å². The van der Waals surface area contributed by atoms with Crippen molar-refractivity contribution in [2.45, 2.75) is 32.8 Å². The summed E-state index contributed by atoms with van der Waals surface area (Å²) in [6.07, 6.45) is 8.85. The number of aromatic nitrogens is 5. The molecule has 0 spiro atoms. The predicted octanol–water partition coefficient (Wildman–Crippen LogP) is 3.88. The van der Waals surface area contributed by atoms with Gasteiger partial charge in [-0.05, 0) is 12.0 Å². The first kappa shape index (κ1) is 23.5. The normalized spacial score (nSPS) is 14.2. The van der Waals surface area contributed by atoms with Gasteiger partial charge in [0, 0.05) is 50.3 Å². The Hall–Kier alpha value is -4.26. The van der Waals surface area contributed by atoms with E-state index in [1.54, 1.807) is 41.0 Å². The van der Waals surface area contributed by atoms with Gasteiger partial charge in [-0.25, -0.2) is 14.2 Å². The van der Waals surface area contributed by atoms with Crippen LogP contribution in [0.25, 0.3) is 11.2 Å². The minimum atomic E-state index is 0.123. The van der Waals surface area contributed by atoms with Gasteiger partial charge in [-0.2, -0.15) is 15.5 Å². The highest BCUT2D eigenvalue weighted by molar-refractivity contribution is 5.73. The van der Waals surface area contributed by atoms with E-state index in [1.165, 1.54) is 0 Å². The third kappa shape index (κ3) is 4.91. The van der Waals surface area contributed by atoms with Crippen LogP contribution in [0.2, 0.25) is 0 Å². The standard InChI is InChI=1S/C26H29N7O3/c1-18(2)17-35-22-12-23(26-19(13-27)14-29-33(26)16-22)32-11-8-24(30-32)31-9-6-20(7-10-31)36-21-4-5-25(34-3)28-15-21/h4-5,8,11-12,14-16,18,20H,6-7,9-10,17H2,1-3H3. The fourth-order valence-corrected chi connectivity index (χ4v) is 4.24. The SMILES string of the molecule is COc1ccc(OC2CCN(c3ccn(-c4cc(OCC(C)C)cn5ncc(C#N)c45)n3)CC2)cn1. The predicted molar refractivity (Wildman–Crippen MR) is 134 cm³/mol. The van der Waals surface area contributed by atoms with Gasteiger partial charge in [-0.15, -0.1) is 0 Å². The van der Waals surface area contributed by atoms with Gasteiger partial charge in [-0.1, -0.05) is 13.8 Å². The molecule has 4 aromatic heterocycles. The second kappa shape index (κ2) is 10.2. The summed E-state index contributed by atoms with van der Waals surface area (Å²) in [5, 5.41) is 18.8. The van der Waals surface area contributed by atoms with Crippen molar-refractivity contribution >= 4 is 11.3 Å². The maximum atomic E-state index is 9.61. The maximum absolute atomic E-state index is 9.61. The molecule has 10 nitrogen and oxygen atoms in total. The van der Waals surface area contributed by atoms with Gasteiger partial charge in [0.05, 0.1) is 43.6 Å². The quantitative estimate of drug-likeness (QED) is 0.369. The molecular weight excluding hydrogens is 458 g/mol. The van der Waals surface area contributed by atoms with Crippen molar-refractivity contribution in [2.75, 3.05) is 31.7 Å². The van der Waals surface area contributed by atoms with Crippen molar-refractivity contribution in [1.29, 1.82) is 5.26 Å². The molecule has 1 aliphatic rings. The zero-order valence-electron chi connectivity index (χ0n) is 20.7. The molecule has 0 aliphatic carbocycles. The number of rotatable bonds is 8. The first-order valence-electron chi connectivity index (χ1n) is 12.1. The van der Waals surface area contributed by atoms with E-state index in [9.17, 15) is 5.26 Å². The molecule has 4 aromatic rings. The van der Waals surface area contributed by atoms with E-state index in [0.717, 1.165) is 43.2 Å². The Labute approximate surface area is 209 Å². The van der Waals surface area contributed by atoms with Gasteiger partial charge in [-0.3, -0.25) is 0 Å². The van der Waals surface area contributed by atoms with Crippen LogP contribution in [-0.2, 0) is 0 Å². The highest BCUT2D eigenvalue weighted by Gasteiger charge is 2.23. The summed E-state index contributed by atoms with van der Waals surface area (Å²) in [4.78, 5) is 6.46. The molecule has 0 radical (unpaired) electrons. The average molecular weight is 488 g/mol. The van der Waals surface area contributed by atoms with Gasteiger partial charge in [0.2, 0.25) is 5.88 Å². The number of fused-ring (bicyclic) bond motifs is 1. The fraction of sp³-hybridized carbons (Fsp3) is 0.385. The van der Waals surface area contributed by atoms with Crippen LogP contribution in [0.5, 0.6) is 17.4 Å². The number of hydrogen-bond donors (Lipinski definition) is 0. The topological polar surface area (TPSA) is 103 Å². The first-order valence-corrected chi connectivity index (χ1v) is 12.1. The van der Waals surface area contributed by atoms with Crippen LogP contribution in [0.15, 0.2) is 49.1 Å². The molecule has 0 aromatic carbocycles. The van der Waals surface area contributed by atoms with Crippen LogP contribution in [-0.4, -0.2) is 57.3 Å². The molecule has 1 fully saturated rings. The smallest absolute Gasteiger partial charge is 0.213 e. The molecular formula is C26H29N7O3. The fourth-order valence-electron chi connectivity index (χ4n) is 4.24. The Morgan fingerprint density at radius 2 is 1.97 bits per heavy atom. The Morgan fingerprint density at radius 3 is 2.67 bits per heavy atom. The Morgan fingerprint density at radius 1 is 1.14 bits per heavy atom. The van der Waals surface area contributed by atoms with Gasteiger partial charge in [0.1, 0.15) is 29.2 Å². The molecule has 0 unspecified atom stereocenters. The van der Waals surface area contributed by atoms with Crippen LogP contribution >= 0.6 is 0 Å². The largest absolute Gasteiger partial charge is 0.492 e. The van der Waals surface area contributed by atoms with Crippen molar-refractivity contribution in [3.63, 3.8) is 0 Å². The molecule has 0 saturated carbocycles. The third-order valence-corrected chi connectivity index (χ3v) is 6.08. The molecule has 186 valence electrons. The van der Waals surface area contributed by atoms with E-state index >= 15 is 0 Å². The number of ether oxygens (including phenoxy) is 3. The average Bonchev–Trinajstić information content (AvgIpc) is 3.55. The minimum Gasteiger partial charge on any atom is -0.492 e. The zero-order valence-corrected chi connectivity index (χ0v) is 20.7. The molecule has 5 rings (SSSR count). The van der Waals surface area contributed by atoms with Crippen LogP contribution in [0.4, 0.5) is 5.82 Å². The van der Waals surface area contributed by atoms with E-state index < -0.39 is 0 Å². The first-order chi connectivity index (χ1) is 17.5. The number of anilines is 1. The molecule has 0 N–H and O–H groups in total. The number of piperidine rings is 1. The van der Waals surface area contributed by atoms with Crippen LogP contribution in [0, 0.1) is 17.2 Å². The highest BCUT2D eigenvalue weighted by Crippen LogP contribution is 2.28.